The zero-order chi connectivity index (χ0) is 9.80. The molecule has 0 atom stereocenters. The molecule has 1 aromatic heterocycles. The molecule has 1 heterocycles. The molecule has 1 aromatic carbocycles. The SMILES string of the molecule is Clc1ccc(/C=N/c2ncn[nH]2)cc1. The minimum Gasteiger partial charge on any atom is -0.244 e. The van der Waals surface area contributed by atoms with Gasteiger partial charge in [0, 0.05) is 11.2 Å². The van der Waals surface area contributed by atoms with Crippen LogP contribution in [0.2, 0.25) is 5.02 Å². The fourth-order valence-electron chi connectivity index (χ4n) is 0.946. The number of aromatic amines is 1. The topological polar surface area (TPSA) is 53.9 Å². The summed E-state index contributed by atoms with van der Waals surface area (Å²) in [6.07, 6.45) is 3.10. The Bertz CT molecular complexity index is 419. The fourth-order valence-corrected chi connectivity index (χ4v) is 1.07. The minimum absolute atomic E-state index is 0.486. The summed E-state index contributed by atoms with van der Waals surface area (Å²) in [5.74, 6) is 0.486. The van der Waals surface area contributed by atoms with Gasteiger partial charge >= 0.3 is 0 Å². The molecule has 1 N–H and O–H groups in total. The van der Waals surface area contributed by atoms with E-state index in [0.29, 0.717) is 11.0 Å². The van der Waals surface area contributed by atoms with Crippen LogP contribution in [0.25, 0.3) is 0 Å². The lowest BCUT2D eigenvalue weighted by molar-refractivity contribution is 1.08. The first-order valence-corrected chi connectivity index (χ1v) is 4.37. The maximum absolute atomic E-state index is 5.74. The highest BCUT2D eigenvalue weighted by Gasteiger charge is 1.90. The van der Waals surface area contributed by atoms with Gasteiger partial charge in [-0.15, -0.1) is 0 Å². The average molecular weight is 207 g/mol. The molecule has 0 aliphatic carbocycles. The van der Waals surface area contributed by atoms with E-state index in [-0.39, 0.29) is 0 Å². The summed E-state index contributed by atoms with van der Waals surface area (Å²) < 4.78 is 0. The van der Waals surface area contributed by atoms with Gasteiger partial charge in [-0.25, -0.2) is 10.1 Å². The molecular formula is C9H7ClN4. The number of H-pyrrole nitrogens is 1. The van der Waals surface area contributed by atoms with Gasteiger partial charge in [0.1, 0.15) is 6.33 Å². The largest absolute Gasteiger partial charge is 0.245 e. The Labute approximate surface area is 85.7 Å². The summed E-state index contributed by atoms with van der Waals surface area (Å²) in [5.41, 5.74) is 0.964. The van der Waals surface area contributed by atoms with Crippen LogP contribution in [-0.4, -0.2) is 21.4 Å². The molecule has 0 bridgehead atoms. The van der Waals surface area contributed by atoms with Crippen molar-refractivity contribution in [3.05, 3.63) is 41.2 Å². The van der Waals surface area contributed by atoms with Crippen LogP contribution >= 0.6 is 11.6 Å². The summed E-state index contributed by atoms with van der Waals surface area (Å²) in [5, 5.41) is 7.02. The number of halogens is 1. The molecule has 70 valence electrons. The number of hydrogen-bond donors (Lipinski definition) is 1. The van der Waals surface area contributed by atoms with Gasteiger partial charge in [-0.05, 0) is 17.7 Å². The van der Waals surface area contributed by atoms with Crippen LogP contribution in [-0.2, 0) is 0 Å². The predicted molar refractivity (Wildman–Crippen MR) is 55.1 cm³/mol. The Morgan fingerprint density at radius 2 is 2.07 bits per heavy atom. The van der Waals surface area contributed by atoms with Gasteiger partial charge < -0.3 is 0 Å². The average Bonchev–Trinajstić information content (AvgIpc) is 2.70. The smallest absolute Gasteiger partial charge is 0.244 e. The van der Waals surface area contributed by atoms with Crippen molar-refractivity contribution in [3.63, 3.8) is 0 Å². The number of hydrogen-bond acceptors (Lipinski definition) is 3. The number of rotatable bonds is 2. The van der Waals surface area contributed by atoms with Crippen LogP contribution in [0, 0.1) is 0 Å². The Balaban J connectivity index is 2.15. The minimum atomic E-state index is 0.486. The first-order valence-electron chi connectivity index (χ1n) is 3.99. The summed E-state index contributed by atoms with van der Waals surface area (Å²) in [4.78, 5) is 7.93. The first kappa shape index (κ1) is 8.90. The molecule has 0 spiro atoms. The van der Waals surface area contributed by atoms with Crippen molar-refractivity contribution in [2.24, 2.45) is 4.99 Å². The molecule has 0 aliphatic rings. The van der Waals surface area contributed by atoms with E-state index in [1.165, 1.54) is 6.33 Å². The van der Waals surface area contributed by atoms with E-state index in [9.17, 15) is 0 Å². The monoisotopic (exact) mass is 206 g/mol. The normalized spacial score (nSPS) is 10.9. The lowest BCUT2D eigenvalue weighted by Gasteiger charge is -1.91. The number of nitrogens with one attached hydrogen (secondary N) is 1. The lowest BCUT2D eigenvalue weighted by Crippen LogP contribution is -1.79. The van der Waals surface area contributed by atoms with Crippen LogP contribution in [0.15, 0.2) is 35.6 Å². The highest BCUT2D eigenvalue weighted by molar-refractivity contribution is 6.30. The molecule has 0 amide bonds. The highest BCUT2D eigenvalue weighted by Crippen LogP contribution is 2.08. The van der Waals surface area contributed by atoms with Gasteiger partial charge in [-0.3, -0.25) is 0 Å². The molecule has 2 rings (SSSR count). The maximum Gasteiger partial charge on any atom is 0.245 e. The molecule has 0 saturated carbocycles. The predicted octanol–water partition coefficient (Wildman–Crippen LogP) is 2.21. The summed E-state index contributed by atoms with van der Waals surface area (Å²) in [6, 6.07) is 7.37. The first-order chi connectivity index (χ1) is 6.84. The van der Waals surface area contributed by atoms with Crippen molar-refractivity contribution in [2.75, 3.05) is 0 Å². The van der Waals surface area contributed by atoms with Crippen molar-refractivity contribution in [2.45, 2.75) is 0 Å². The van der Waals surface area contributed by atoms with Crippen LogP contribution < -0.4 is 0 Å². The fraction of sp³-hybridized carbons (Fsp3) is 0. The summed E-state index contributed by atoms with van der Waals surface area (Å²) >= 11 is 5.74. The second kappa shape index (κ2) is 4.02. The van der Waals surface area contributed by atoms with Crippen LogP contribution in [0.1, 0.15) is 5.56 Å². The third-order valence-electron chi connectivity index (χ3n) is 1.61. The van der Waals surface area contributed by atoms with Crippen LogP contribution in [0.5, 0.6) is 0 Å². The second-order valence-corrected chi connectivity index (χ2v) is 3.06. The van der Waals surface area contributed by atoms with E-state index in [1.807, 2.05) is 24.3 Å². The summed E-state index contributed by atoms with van der Waals surface area (Å²) in [7, 11) is 0. The molecule has 0 saturated heterocycles. The van der Waals surface area contributed by atoms with E-state index in [1.54, 1.807) is 6.21 Å². The van der Waals surface area contributed by atoms with Crippen molar-refractivity contribution in [1.82, 2.24) is 15.2 Å². The molecule has 2 aromatic rings. The quantitative estimate of drug-likeness (QED) is 0.766. The van der Waals surface area contributed by atoms with Gasteiger partial charge in [0.05, 0.1) is 0 Å². The van der Waals surface area contributed by atoms with Crippen molar-refractivity contribution >= 4 is 23.8 Å². The van der Waals surface area contributed by atoms with Crippen molar-refractivity contribution in [3.8, 4) is 0 Å². The molecule has 0 unspecified atom stereocenters. The molecule has 0 fully saturated rings. The van der Waals surface area contributed by atoms with Gasteiger partial charge in [0.2, 0.25) is 5.95 Å². The lowest BCUT2D eigenvalue weighted by atomic mass is 10.2. The van der Waals surface area contributed by atoms with Gasteiger partial charge in [0.15, 0.2) is 0 Å². The van der Waals surface area contributed by atoms with Gasteiger partial charge in [-0.2, -0.15) is 10.1 Å². The molecule has 0 radical (unpaired) electrons. The Hall–Kier alpha value is -1.68. The van der Waals surface area contributed by atoms with Gasteiger partial charge in [0.25, 0.3) is 0 Å². The van der Waals surface area contributed by atoms with E-state index in [2.05, 4.69) is 20.2 Å². The standard InChI is InChI=1S/C9H7ClN4/c10-8-3-1-7(2-4-8)5-11-9-12-6-13-14-9/h1-6H,(H,12,13,14)/b11-5+. The molecular weight excluding hydrogens is 200 g/mol. The second-order valence-electron chi connectivity index (χ2n) is 2.62. The van der Waals surface area contributed by atoms with Crippen molar-refractivity contribution < 1.29 is 0 Å². The van der Waals surface area contributed by atoms with Crippen molar-refractivity contribution in [1.29, 1.82) is 0 Å². The Morgan fingerprint density at radius 3 is 2.71 bits per heavy atom. The number of aliphatic imine (C=N–C) groups is 1. The number of aromatic nitrogens is 3. The third kappa shape index (κ3) is 2.17. The molecule has 14 heavy (non-hydrogen) atoms. The molecule has 0 aliphatic heterocycles. The number of benzene rings is 1. The molecule has 5 heteroatoms. The zero-order valence-corrected chi connectivity index (χ0v) is 7.94. The van der Waals surface area contributed by atoms with Crippen LogP contribution in [0.4, 0.5) is 5.95 Å². The van der Waals surface area contributed by atoms with E-state index in [4.69, 9.17) is 11.6 Å². The van der Waals surface area contributed by atoms with E-state index < -0.39 is 0 Å². The van der Waals surface area contributed by atoms with Gasteiger partial charge in [-0.1, -0.05) is 23.7 Å². The third-order valence-corrected chi connectivity index (χ3v) is 1.86. The molecule has 4 nitrogen and oxygen atoms in total. The zero-order valence-electron chi connectivity index (χ0n) is 7.18. The summed E-state index contributed by atoms with van der Waals surface area (Å²) in [6.45, 7) is 0. The Kier molecular flexibility index (Phi) is 2.55. The van der Waals surface area contributed by atoms with Crippen LogP contribution in [0.3, 0.4) is 0 Å². The number of nitrogens with zero attached hydrogens (tertiary/aromatic N) is 3. The van der Waals surface area contributed by atoms with E-state index >= 15 is 0 Å². The highest BCUT2D eigenvalue weighted by atomic mass is 35.5. The Morgan fingerprint density at radius 1 is 1.29 bits per heavy atom. The maximum atomic E-state index is 5.74. The van der Waals surface area contributed by atoms with E-state index in [0.717, 1.165) is 5.56 Å².